The first-order valence-corrected chi connectivity index (χ1v) is 20.1. The Morgan fingerprint density at radius 1 is 0.358 bits per heavy atom. The number of fused-ring (bicyclic) bond motifs is 15. The Morgan fingerprint density at radius 3 is 1.45 bits per heavy atom. The van der Waals surface area contributed by atoms with E-state index in [2.05, 4.69) is 172 Å². The van der Waals surface area contributed by atoms with E-state index in [-0.39, 0.29) is 5.41 Å². The van der Waals surface area contributed by atoms with Crippen molar-refractivity contribution < 1.29 is 0 Å². The van der Waals surface area contributed by atoms with Crippen molar-refractivity contribution in [2.75, 3.05) is 0 Å². The van der Waals surface area contributed by atoms with Crippen LogP contribution in [0.2, 0.25) is 0 Å². The zero-order chi connectivity index (χ0) is 35.0. The molecule has 248 valence electrons. The maximum absolute atomic E-state index is 2.48. The van der Waals surface area contributed by atoms with Gasteiger partial charge in [-0.3, -0.25) is 0 Å². The lowest BCUT2D eigenvalue weighted by Gasteiger charge is -2.23. The Morgan fingerprint density at radius 2 is 0.811 bits per heavy atom. The van der Waals surface area contributed by atoms with E-state index in [0.717, 1.165) is 0 Å². The number of rotatable bonds is 2. The summed E-state index contributed by atoms with van der Waals surface area (Å²) in [7, 11) is 0. The molecule has 2 heterocycles. The minimum absolute atomic E-state index is 0.0562. The number of hydrogen-bond acceptors (Lipinski definition) is 2. The third kappa shape index (κ3) is 3.95. The van der Waals surface area contributed by atoms with Gasteiger partial charge in [-0.2, -0.15) is 0 Å². The molecular weight excluding hydrogens is 677 g/mol. The minimum Gasteiger partial charge on any atom is -0.135 e. The zero-order valence-corrected chi connectivity index (χ0v) is 31.0. The van der Waals surface area contributed by atoms with E-state index < -0.39 is 0 Å². The van der Waals surface area contributed by atoms with Crippen molar-refractivity contribution in [3.63, 3.8) is 0 Å². The van der Waals surface area contributed by atoms with Crippen molar-refractivity contribution >= 4 is 95.3 Å². The van der Waals surface area contributed by atoms with Crippen molar-refractivity contribution in [1.82, 2.24) is 0 Å². The lowest BCUT2D eigenvalue weighted by molar-refractivity contribution is 0.660. The van der Waals surface area contributed by atoms with Gasteiger partial charge < -0.3 is 0 Å². The minimum atomic E-state index is -0.0562. The predicted octanol–water partition coefficient (Wildman–Crippen LogP) is 15.5. The Balaban J connectivity index is 1.13. The average molecular weight is 709 g/mol. The summed E-state index contributed by atoms with van der Waals surface area (Å²) in [6.07, 6.45) is 0. The predicted molar refractivity (Wildman–Crippen MR) is 233 cm³/mol. The first-order valence-electron chi connectivity index (χ1n) is 18.4. The van der Waals surface area contributed by atoms with Crippen LogP contribution in [0.25, 0.3) is 106 Å². The van der Waals surface area contributed by atoms with E-state index in [9.17, 15) is 0 Å². The second-order valence-electron chi connectivity index (χ2n) is 15.1. The average Bonchev–Trinajstić information content (AvgIpc) is 3.85. The Kier molecular flexibility index (Phi) is 5.97. The lowest BCUT2D eigenvalue weighted by atomic mass is 9.80. The molecule has 0 bridgehead atoms. The maximum atomic E-state index is 2.48. The molecule has 0 nitrogen and oxygen atoms in total. The van der Waals surface area contributed by atoms with Crippen LogP contribution in [0.1, 0.15) is 25.0 Å². The van der Waals surface area contributed by atoms with Crippen LogP contribution >= 0.6 is 22.7 Å². The van der Waals surface area contributed by atoms with Crippen LogP contribution in [-0.4, -0.2) is 0 Å². The third-order valence-corrected chi connectivity index (χ3v) is 14.4. The molecule has 2 aromatic heterocycles. The lowest BCUT2D eigenvalue weighted by Crippen LogP contribution is -2.14. The molecule has 0 atom stereocenters. The highest BCUT2D eigenvalue weighted by molar-refractivity contribution is 7.29. The highest BCUT2D eigenvalue weighted by Crippen LogP contribution is 2.53. The molecule has 12 rings (SSSR count). The number of thiophene rings is 2. The van der Waals surface area contributed by atoms with Gasteiger partial charge in [0.1, 0.15) is 0 Å². The van der Waals surface area contributed by atoms with Gasteiger partial charge in [0, 0.05) is 56.5 Å². The first kappa shape index (κ1) is 29.7. The maximum Gasteiger partial charge on any atom is 0.0441 e. The molecule has 0 saturated carbocycles. The molecule has 53 heavy (non-hydrogen) atoms. The molecule has 0 unspecified atom stereocenters. The molecule has 0 amide bonds. The van der Waals surface area contributed by atoms with Crippen molar-refractivity contribution in [3.05, 3.63) is 169 Å². The molecule has 0 spiro atoms. The molecule has 0 fully saturated rings. The Bertz CT molecular complexity index is 3310. The second kappa shape index (κ2) is 10.6. The molecule has 2 heteroatoms. The van der Waals surface area contributed by atoms with E-state index in [1.165, 1.54) is 117 Å². The third-order valence-electron chi connectivity index (χ3n) is 12.0. The van der Waals surface area contributed by atoms with Gasteiger partial charge in [0.25, 0.3) is 0 Å². The fraction of sp³-hybridized carbons (Fsp3) is 0.0588. The normalized spacial score (nSPS) is 13.6. The van der Waals surface area contributed by atoms with Crippen LogP contribution < -0.4 is 0 Å². The molecule has 0 N–H and O–H groups in total. The second-order valence-corrected chi connectivity index (χ2v) is 17.2. The molecule has 0 saturated heterocycles. The zero-order valence-electron chi connectivity index (χ0n) is 29.3. The summed E-state index contributed by atoms with van der Waals surface area (Å²) in [5.41, 5.74) is 10.7. The number of hydrogen-bond donors (Lipinski definition) is 0. The van der Waals surface area contributed by atoms with Crippen LogP contribution in [0.15, 0.2) is 158 Å². The highest BCUT2D eigenvalue weighted by atomic mass is 32.1. The van der Waals surface area contributed by atoms with Gasteiger partial charge in [0.2, 0.25) is 0 Å². The van der Waals surface area contributed by atoms with Gasteiger partial charge >= 0.3 is 0 Å². The Hall–Kier alpha value is -5.80. The summed E-state index contributed by atoms with van der Waals surface area (Å²) in [4.78, 5) is 0. The summed E-state index contributed by atoms with van der Waals surface area (Å²) in [6.45, 7) is 4.75. The monoisotopic (exact) mass is 708 g/mol. The summed E-state index contributed by atoms with van der Waals surface area (Å²) < 4.78 is 5.47. The van der Waals surface area contributed by atoms with Gasteiger partial charge in [-0.25, -0.2) is 0 Å². The summed E-state index contributed by atoms with van der Waals surface area (Å²) in [5.74, 6) is 0. The van der Waals surface area contributed by atoms with Crippen LogP contribution in [0.3, 0.4) is 0 Å². The van der Waals surface area contributed by atoms with Gasteiger partial charge in [0.15, 0.2) is 0 Å². The highest BCUT2D eigenvalue weighted by Gasteiger charge is 2.35. The van der Waals surface area contributed by atoms with Crippen LogP contribution in [0, 0.1) is 0 Å². The number of benzene rings is 9. The first-order chi connectivity index (χ1) is 26.1. The van der Waals surface area contributed by atoms with E-state index in [1.807, 2.05) is 22.7 Å². The standard InChI is InChI=1S/C51H32S2/c1-51(2)41-21-11-9-13-31(41)32-25-23-29(27-42(32)51)45-33-14-3-5-16-35(33)46(36-17-6-4-15-34(36)45)30-24-26-40-44(28-30)53-50-38-19-8-7-18-37(38)49-47(48(40)50)39-20-10-12-22-43(39)52-49/h3-28H,1-2H3. The van der Waals surface area contributed by atoms with E-state index >= 15 is 0 Å². The van der Waals surface area contributed by atoms with E-state index in [0.29, 0.717) is 0 Å². The van der Waals surface area contributed by atoms with Crippen molar-refractivity contribution in [1.29, 1.82) is 0 Å². The van der Waals surface area contributed by atoms with Gasteiger partial charge in [0.05, 0.1) is 0 Å². The molecule has 9 aromatic carbocycles. The molecule has 1 aliphatic rings. The largest absolute Gasteiger partial charge is 0.135 e. The van der Waals surface area contributed by atoms with Crippen LogP contribution in [0.5, 0.6) is 0 Å². The van der Waals surface area contributed by atoms with Gasteiger partial charge in [-0.15, -0.1) is 22.7 Å². The molecule has 0 radical (unpaired) electrons. The molecule has 1 aliphatic carbocycles. The van der Waals surface area contributed by atoms with Gasteiger partial charge in [-0.1, -0.05) is 153 Å². The van der Waals surface area contributed by atoms with E-state index in [4.69, 9.17) is 0 Å². The Labute approximate surface area is 315 Å². The summed E-state index contributed by atoms with van der Waals surface area (Å²) in [6, 6.07) is 59.4. The van der Waals surface area contributed by atoms with Crippen LogP contribution in [-0.2, 0) is 5.41 Å². The topological polar surface area (TPSA) is 0 Å². The fourth-order valence-electron chi connectivity index (χ4n) is 9.66. The van der Waals surface area contributed by atoms with E-state index in [1.54, 1.807) is 0 Å². The van der Waals surface area contributed by atoms with Crippen molar-refractivity contribution in [3.8, 4) is 33.4 Å². The molecule has 0 aliphatic heterocycles. The quantitative estimate of drug-likeness (QED) is 0.157. The fourth-order valence-corrected chi connectivity index (χ4v) is 12.2. The SMILES string of the molecule is CC1(C)c2ccccc2-c2ccc(-c3c4ccccc4c(-c4ccc5c(c4)sc4c6ccccc6c6sc7ccccc7c6c54)c4ccccc34)cc21. The summed E-state index contributed by atoms with van der Waals surface area (Å²) >= 11 is 3.88. The summed E-state index contributed by atoms with van der Waals surface area (Å²) in [5, 5.41) is 13.4. The van der Waals surface area contributed by atoms with Crippen molar-refractivity contribution in [2.24, 2.45) is 0 Å². The molecular formula is C51H32S2. The molecule has 11 aromatic rings. The van der Waals surface area contributed by atoms with Crippen molar-refractivity contribution in [2.45, 2.75) is 19.3 Å². The van der Waals surface area contributed by atoms with Crippen LogP contribution in [0.4, 0.5) is 0 Å². The van der Waals surface area contributed by atoms with Gasteiger partial charge in [-0.05, 0) is 84.3 Å². The smallest absolute Gasteiger partial charge is 0.0441 e.